The Balaban J connectivity index is 2.61. The molecule has 154 valence electrons. The molecule has 0 radical (unpaired) electrons. The summed E-state index contributed by atoms with van der Waals surface area (Å²) in [6.45, 7) is 9.51. The summed E-state index contributed by atoms with van der Waals surface area (Å²) >= 11 is 0. The van der Waals surface area contributed by atoms with Crippen molar-refractivity contribution in [1.82, 2.24) is 10.6 Å². The third kappa shape index (κ3) is 9.63. The molecule has 3 N–H and O–H groups in total. The average molecular weight is 380 g/mol. The average Bonchev–Trinajstić information content (AvgIpc) is 2.70. The molecule has 1 aromatic rings. The second-order valence-corrected chi connectivity index (χ2v) is 6.51. The van der Waals surface area contributed by atoms with E-state index in [2.05, 4.69) is 29.5 Å². The maximum absolute atomic E-state index is 10.4. The Hall–Kier alpha value is -1.79. The normalized spacial score (nSPS) is 12.9. The number of aliphatic imine (C=N–C) groups is 1. The van der Waals surface area contributed by atoms with Crippen LogP contribution in [0.2, 0.25) is 0 Å². The standard InChI is InChI=1S/C21H37N3O3/c1-5-18(6-2)20(25)16-24-21(22-13-8-14-27-7-3)23-15-17-9-11-19(26-4)12-10-17/h9-12,18,20,25H,5-8,13-16H2,1-4H3,(H2,22,23,24). The van der Waals surface area contributed by atoms with Gasteiger partial charge in [-0.15, -0.1) is 0 Å². The van der Waals surface area contributed by atoms with Crippen LogP contribution in [-0.4, -0.2) is 50.6 Å². The van der Waals surface area contributed by atoms with Gasteiger partial charge in [-0.05, 0) is 37.0 Å². The van der Waals surface area contributed by atoms with Crippen LogP contribution in [-0.2, 0) is 11.3 Å². The van der Waals surface area contributed by atoms with Crippen LogP contribution >= 0.6 is 0 Å². The lowest BCUT2D eigenvalue weighted by Crippen LogP contribution is -2.43. The molecular weight excluding hydrogens is 342 g/mol. The fraction of sp³-hybridized carbons (Fsp3) is 0.667. The first kappa shape index (κ1) is 23.2. The molecule has 0 amide bonds. The van der Waals surface area contributed by atoms with Crippen molar-refractivity contribution < 1.29 is 14.6 Å². The monoisotopic (exact) mass is 379 g/mol. The summed E-state index contributed by atoms with van der Waals surface area (Å²) < 4.78 is 10.6. The predicted octanol–water partition coefficient (Wildman–Crippen LogP) is 2.95. The lowest BCUT2D eigenvalue weighted by Gasteiger charge is -2.22. The summed E-state index contributed by atoms with van der Waals surface area (Å²) in [6.07, 6.45) is 2.47. The number of aliphatic hydroxyl groups is 1. The van der Waals surface area contributed by atoms with Crippen molar-refractivity contribution in [3.8, 4) is 5.75 Å². The second kappa shape index (κ2) is 14.3. The van der Waals surface area contributed by atoms with Crippen molar-refractivity contribution >= 4 is 5.96 Å². The van der Waals surface area contributed by atoms with Crippen LogP contribution < -0.4 is 15.4 Å². The molecule has 0 saturated carbocycles. The van der Waals surface area contributed by atoms with Crippen LogP contribution in [0.3, 0.4) is 0 Å². The van der Waals surface area contributed by atoms with Crippen molar-refractivity contribution in [3.63, 3.8) is 0 Å². The van der Waals surface area contributed by atoms with Crippen LogP contribution in [0.4, 0.5) is 0 Å². The van der Waals surface area contributed by atoms with Gasteiger partial charge >= 0.3 is 0 Å². The topological polar surface area (TPSA) is 75.1 Å². The largest absolute Gasteiger partial charge is 0.497 e. The minimum atomic E-state index is -0.378. The highest BCUT2D eigenvalue weighted by Gasteiger charge is 2.15. The Morgan fingerprint density at radius 2 is 1.81 bits per heavy atom. The zero-order chi connectivity index (χ0) is 19.9. The maximum Gasteiger partial charge on any atom is 0.191 e. The molecule has 0 spiro atoms. The van der Waals surface area contributed by atoms with Gasteiger partial charge < -0.3 is 25.2 Å². The lowest BCUT2D eigenvalue weighted by atomic mass is 9.97. The number of methoxy groups -OCH3 is 1. The molecule has 0 bridgehead atoms. The fourth-order valence-corrected chi connectivity index (χ4v) is 2.80. The summed E-state index contributed by atoms with van der Waals surface area (Å²) in [4.78, 5) is 4.65. The number of nitrogens with one attached hydrogen (secondary N) is 2. The third-order valence-corrected chi connectivity index (χ3v) is 4.61. The number of aliphatic hydroxyl groups excluding tert-OH is 1. The van der Waals surface area contributed by atoms with Gasteiger partial charge in [-0.3, -0.25) is 0 Å². The van der Waals surface area contributed by atoms with Crippen molar-refractivity contribution in [3.05, 3.63) is 29.8 Å². The Bertz CT molecular complexity index is 516. The molecule has 0 aliphatic carbocycles. The summed E-state index contributed by atoms with van der Waals surface area (Å²) in [5, 5.41) is 17.0. The van der Waals surface area contributed by atoms with Crippen molar-refractivity contribution in [1.29, 1.82) is 0 Å². The highest BCUT2D eigenvalue weighted by molar-refractivity contribution is 5.79. The summed E-state index contributed by atoms with van der Waals surface area (Å²) in [6, 6.07) is 7.89. The van der Waals surface area contributed by atoms with Crippen LogP contribution in [0.25, 0.3) is 0 Å². The van der Waals surface area contributed by atoms with Crippen LogP contribution in [0.5, 0.6) is 5.75 Å². The van der Waals surface area contributed by atoms with Gasteiger partial charge in [0, 0.05) is 26.3 Å². The molecule has 1 aromatic carbocycles. The van der Waals surface area contributed by atoms with Gasteiger partial charge in [0.05, 0.1) is 19.8 Å². The number of nitrogens with zero attached hydrogens (tertiary/aromatic N) is 1. The fourth-order valence-electron chi connectivity index (χ4n) is 2.80. The Morgan fingerprint density at radius 1 is 1.11 bits per heavy atom. The number of benzene rings is 1. The van der Waals surface area contributed by atoms with Crippen molar-refractivity contribution in [2.75, 3.05) is 33.4 Å². The zero-order valence-electron chi connectivity index (χ0n) is 17.3. The second-order valence-electron chi connectivity index (χ2n) is 6.51. The highest BCUT2D eigenvalue weighted by atomic mass is 16.5. The molecular formula is C21H37N3O3. The van der Waals surface area contributed by atoms with E-state index in [1.807, 2.05) is 31.2 Å². The van der Waals surface area contributed by atoms with Crippen LogP contribution in [0.1, 0.15) is 45.6 Å². The number of ether oxygens (including phenoxy) is 2. The molecule has 6 heteroatoms. The van der Waals surface area contributed by atoms with E-state index in [9.17, 15) is 5.11 Å². The molecule has 0 aromatic heterocycles. The Labute approximate surface area is 164 Å². The van der Waals surface area contributed by atoms with Crippen molar-refractivity contribution in [2.24, 2.45) is 10.9 Å². The predicted molar refractivity (Wildman–Crippen MR) is 111 cm³/mol. The molecule has 0 heterocycles. The smallest absolute Gasteiger partial charge is 0.191 e. The molecule has 1 rings (SSSR count). The molecule has 6 nitrogen and oxygen atoms in total. The summed E-state index contributed by atoms with van der Waals surface area (Å²) in [7, 11) is 1.66. The van der Waals surface area contributed by atoms with Gasteiger partial charge in [-0.2, -0.15) is 0 Å². The third-order valence-electron chi connectivity index (χ3n) is 4.61. The van der Waals surface area contributed by atoms with Gasteiger partial charge in [0.2, 0.25) is 0 Å². The molecule has 0 aliphatic rings. The molecule has 1 atom stereocenters. The number of hydrogen-bond acceptors (Lipinski definition) is 4. The van der Waals surface area contributed by atoms with E-state index in [0.29, 0.717) is 25.0 Å². The molecule has 0 fully saturated rings. The van der Waals surface area contributed by atoms with Gasteiger partial charge in [-0.25, -0.2) is 4.99 Å². The van der Waals surface area contributed by atoms with E-state index in [1.54, 1.807) is 7.11 Å². The summed E-state index contributed by atoms with van der Waals surface area (Å²) in [5.74, 6) is 1.86. The number of hydrogen-bond donors (Lipinski definition) is 3. The van der Waals surface area contributed by atoms with E-state index in [4.69, 9.17) is 9.47 Å². The minimum Gasteiger partial charge on any atom is -0.497 e. The number of rotatable bonds is 13. The SMILES string of the molecule is CCOCCCNC(=NCc1ccc(OC)cc1)NCC(O)C(CC)CC. The Morgan fingerprint density at radius 3 is 2.41 bits per heavy atom. The van der Waals surface area contributed by atoms with Gasteiger partial charge in [0.15, 0.2) is 5.96 Å². The first-order valence-corrected chi connectivity index (χ1v) is 10.0. The van der Waals surface area contributed by atoms with Gasteiger partial charge in [0.25, 0.3) is 0 Å². The van der Waals surface area contributed by atoms with E-state index in [0.717, 1.165) is 50.3 Å². The highest BCUT2D eigenvalue weighted by Crippen LogP contribution is 2.13. The first-order valence-electron chi connectivity index (χ1n) is 10.0. The molecule has 0 aliphatic heterocycles. The summed E-state index contributed by atoms with van der Waals surface area (Å²) in [5.41, 5.74) is 1.10. The van der Waals surface area contributed by atoms with E-state index in [-0.39, 0.29) is 6.10 Å². The van der Waals surface area contributed by atoms with E-state index >= 15 is 0 Å². The van der Waals surface area contributed by atoms with E-state index < -0.39 is 0 Å². The Kier molecular flexibility index (Phi) is 12.3. The van der Waals surface area contributed by atoms with Gasteiger partial charge in [0.1, 0.15) is 5.75 Å². The number of guanidine groups is 1. The minimum absolute atomic E-state index is 0.304. The van der Waals surface area contributed by atoms with Crippen LogP contribution in [0, 0.1) is 5.92 Å². The molecule has 1 unspecified atom stereocenters. The van der Waals surface area contributed by atoms with Crippen LogP contribution in [0.15, 0.2) is 29.3 Å². The van der Waals surface area contributed by atoms with Gasteiger partial charge in [-0.1, -0.05) is 38.8 Å². The molecule has 27 heavy (non-hydrogen) atoms. The van der Waals surface area contributed by atoms with Crippen molar-refractivity contribution in [2.45, 2.75) is 52.7 Å². The quantitative estimate of drug-likeness (QED) is 0.279. The lowest BCUT2D eigenvalue weighted by molar-refractivity contribution is 0.106. The molecule has 0 saturated heterocycles. The maximum atomic E-state index is 10.4. The first-order chi connectivity index (χ1) is 13.1. The van der Waals surface area contributed by atoms with E-state index in [1.165, 1.54) is 0 Å². The zero-order valence-corrected chi connectivity index (χ0v) is 17.3.